The highest BCUT2D eigenvalue weighted by atomic mass is 16.1. The highest BCUT2D eigenvalue weighted by Crippen LogP contribution is 2.33. The van der Waals surface area contributed by atoms with Crippen LogP contribution in [-0.2, 0) is 4.79 Å². The Bertz CT molecular complexity index is 171. The molecule has 0 N–H and O–H groups in total. The van der Waals surface area contributed by atoms with Gasteiger partial charge in [0.05, 0.1) is 12.0 Å². The summed E-state index contributed by atoms with van der Waals surface area (Å²) >= 11 is 0. The minimum atomic E-state index is -0.0856. The summed E-state index contributed by atoms with van der Waals surface area (Å²) in [6.45, 7) is 0. The number of nitrogens with zero attached hydrogens (tertiary/aromatic N) is 1. The summed E-state index contributed by atoms with van der Waals surface area (Å²) in [4.78, 5) is 9.62. The Morgan fingerprint density at radius 1 is 1.86 bits per heavy atom. The average molecular weight is 93.1 g/mol. The highest BCUT2D eigenvalue weighted by Gasteiger charge is 2.30. The van der Waals surface area contributed by atoms with Gasteiger partial charge in [0, 0.05) is 12.0 Å². The minimum absolute atomic E-state index is 0.0856. The SMILES string of the molecule is N#CC1CC1=C=O. The molecule has 0 aromatic carbocycles. The Morgan fingerprint density at radius 3 is 2.71 bits per heavy atom. The fourth-order valence-electron chi connectivity index (χ4n) is 0.397. The van der Waals surface area contributed by atoms with Gasteiger partial charge in [0.15, 0.2) is 0 Å². The molecule has 0 heterocycles. The molecule has 34 valence electrons. The zero-order valence-corrected chi connectivity index (χ0v) is 3.64. The second-order valence-corrected chi connectivity index (χ2v) is 1.51. The zero-order chi connectivity index (χ0) is 5.28. The first-order valence-electron chi connectivity index (χ1n) is 2.02. The minimum Gasteiger partial charge on any atom is -0.234 e. The predicted molar refractivity (Wildman–Crippen MR) is 22.9 cm³/mol. The smallest absolute Gasteiger partial charge is 0.124 e. The summed E-state index contributed by atoms with van der Waals surface area (Å²) in [6, 6.07) is 1.94. The molecule has 1 atom stereocenters. The number of allylic oxidation sites excluding steroid dienone is 1. The van der Waals surface area contributed by atoms with Gasteiger partial charge in [-0.1, -0.05) is 0 Å². The third-order valence-electron chi connectivity index (χ3n) is 0.971. The largest absolute Gasteiger partial charge is 0.234 e. The lowest BCUT2D eigenvalue weighted by Gasteiger charge is -1.54. The number of nitriles is 1. The normalized spacial score (nSPS) is 25.6. The van der Waals surface area contributed by atoms with Gasteiger partial charge in [0.1, 0.15) is 5.94 Å². The molecule has 2 nitrogen and oxygen atoms in total. The molecule has 0 aromatic rings. The second-order valence-electron chi connectivity index (χ2n) is 1.51. The molecule has 0 aliphatic heterocycles. The van der Waals surface area contributed by atoms with E-state index in [-0.39, 0.29) is 5.92 Å². The number of carbonyl (C=O) groups excluding carboxylic acids is 1. The van der Waals surface area contributed by atoms with Crippen molar-refractivity contribution in [3.05, 3.63) is 5.57 Å². The highest BCUT2D eigenvalue weighted by molar-refractivity contribution is 5.61. The Labute approximate surface area is 41.1 Å². The number of rotatable bonds is 0. The summed E-state index contributed by atoms with van der Waals surface area (Å²) in [5, 5.41) is 8.06. The van der Waals surface area contributed by atoms with Crippen LogP contribution < -0.4 is 0 Å². The molecule has 1 aliphatic rings. The van der Waals surface area contributed by atoms with E-state index in [1.807, 2.05) is 6.07 Å². The Kier molecular flexibility index (Phi) is 0.714. The monoisotopic (exact) mass is 93.0 g/mol. The lowest BCUT2D eigenvalue weighted by molar-refractivity contribution is 0.568. The van der Waals surface area contributed by atoms with Gasteiger partial charge in [-0.3, -0.25) is 0 Å². The molecular weight excluding hydrogens is 90.1 g/mol. The molecule has 1 saturated carbocycles. The van der Waals surface area contributed by atoms with E-state index >= 15 is 0 Å². The van der Waals surface area contributed by atoms with Gasteiger partial charge >= 0.3 is 0 Å². The van der Waals surface area contributed by atoms with Crippen molar-refractivity contribution < 1.29 is 4.79 Å². The Morgan fingerprint density at radius 2 is 2.57 bits per heavy atom. The fraction of sp³-hybridized carbons (Fsp3) is 0.400. The van der Waals surface area contributed by atoms with Crippen molar-refractivity contribution >= 4 is 5.94 Å². The Balaban J connectivity index is 2.67. The average Bonchev–Trinajstić information content (AvgIpc) is 2.43. The molecule has 1 unspecified atom stereocenters. The van der Waals surface area contributed by atoms with Crippen LogP contribution in [0.25, 0.3) is 0 Å². The standard InChI is InChI=1S/C5H3NO/c6-2-4-1-5(4)3-7/h4H,1H2. The molecule has 1 fully saturated rings. The van der Waals surface area contributed by atoms with Gasteiger partial charge in [-0.05, 0) is 0 Å². The van der Waals surface area contributed by atoms with Crippen LogP contribution in [0, 0.1) is 17.2 Å². The summed E-state index contributed by atoms with van der Waals surface area (Å²) < 4.78 is 0. The van der Waals surface area contributed by atoms with E-state index in [0.717, 1.165) is 0 Å². The van der Waals surface area contributed by atoms with Crippen molar-refractivity contribution in [3.63, 3.8) is 0 Å². The van der Waals surface area contributed by atoms with Crippen molar-refractivity contribution in [2.45, 2.75) is 6.42 Å². The van der Waals surface area contributed by atoms with Crippen molar-refractivity contribution in [1.29, 1.82) is 5.26 Å². The van der Waals surface area contributed by atoms with Gasteiger partial charge in [-0.15, -0.1) is 0 Å². The van der Waals surface area contributed by atoms with Crippen LogP contribution in [0.3, 0.4) is 0 Å². The van der Waals surface area contributed by atoms with E-state index < -0.39 is 0 Å². The quantitative estimate of drug-likeness (QED) is 0.404. The van der Waals surface area contributed by atoms with Gasteiger partial charge in [0.25, 0.3) is 0 Å². The van der Waals surface area contributed by atoms with E-state index in [9.17, 15) is 4.79 Å². The molecular formula is C5H3NO. The number of hydrogen-bond donors (Lipinski definition) is 0. The summed E-state index contributed by atoms with van der Waals surface area (Å²) in [6.07, 6.45) is 0.653. The van der Waals surface area contributed by atoms with Crippen LogP contribution in [-0.4, -0.2) is 5.94 Å². The summed E-state index contributed by atoms with van der Waals surface area (Å²) in [5.41, 5.74) is 0.627. The number of hydrogen-bond acceptors (Lipinski definition) is 2. The van der Waals surface area contributed by atoms with Crippen molar-refractivity contribution in [3.8, 4) is 6.07 Å². The third kappa shape index (κ3) is 0.534. The third-order valence-corrected chi connectivity index (χ3v) is 0.971. The van der Waals surface area contributed by atoms with Crippen LogP contribution in [0.2, 0.25) is 0 Å². The van der Waals surface area contributed by atoms with Crippen LogP contribution in [0.5, 0.6) is 0 Å². The molecule has 0 saturated heterocycles. The lowest BCUT2D eigenvalue weighted by atomic mass is 10.5. The predicted octanol–water partition coefficient (Wildman–Crippen LogP) is 0.288. The maximum atomic E-state index is 9.62. The molecule has 0 bridgehead atoms. The molecule has 0 radical (unpaired) electrons. The van der Waals surface area contributed by atoms with Crippen LogP contribution in [0.15, 0.2) is 5.57 Å². The van der Waals surface area contributed by atoms with Crippen molar-refractivity contribution in [1.82, 2.24) is 0 Å². The van der Waals surface area contributed by atoms with E-state index in [0.29, 0.717) is 12.0 Å². The maximum absolute atomic E-state index is 9.62. The second kappa shape index (κ2) is 1.22. The van der Waals surface area contributed by atoms with Crippen molar-refractivity contribution in [2.24, 2.45) is 5.92 Å². The molecule has 7 heavy (non-hydrogen) atoms. The van der Waals surface area contributed by atoms with Crippen molar-refractivity contribution in [2.75, 3.05) is 0 Å². The van der Waals surface area contributed by atoms with Gasteiger partial charge in [-0.25, -0.2) is 4.79 Å². The van der Waals surface area contributed by atoms with E-state index in [4.69, 9.17) is 5.26 Å². The van der Waals surface area contributed by atoms with Gasteiger partial charge in [-0.2, -0.15) is 5.26 Å². The van der Waals surface area contributed by atoms with Gasteiger partial charge in [0.2, 0.25) is 0 Å². The summed E-state index contributed by atoms with van der Waals surface area (Å²) in [7, 11) is 0. The summed E-state index contributed by atoms with van der Waals surface area (Å²) in [5.74, 6) is 1.60. The van der Waals surface area contributed by atoms with Crippen LogP contribution >= 0.6 is 0 Å². The van der Waals surface area contributed by atoms with Crippen LogP contribution in [0.4, 0.5) is 0 Å². The lowest BCUT2D eigenvalue weighted by Crippen LogP contribution is -1.58. The molecule has 1 rings (SSSR count). The molecule has 0 aromatic heterocycles. The molecule has 2 heteroatoms. The van der Waals surface area contributed by atoms with E-state index in [2.05, 4.69) is 0 Å². The fourth-order valence-corrected chi connectivity index (χ4v) is 0.397. The maximum Gasteiger partial charge on any atom is 0.124 e. The first-order valence-corrected chi connectivity index (χ1v) is 2.02. The Hall–Kier alpha value is -1.06. The molecule has 0 amide bonds. The van der Waals surface area contributed by atoms with E-state index in [1.54, 1.807) is 5.94 Å². The first-order chi connectivity index (χ1) is 3.38. The van der Waals surface area contributed by atoms with Gasteiger partial charge < -0.3 is 0 Å². The molecule has 0 spiro atoms. The van der Waals surface area contributed by atoms with Crippen LogP contribution in [0.1, 0.15) is 6.42 Å². The first kappa shape index (κ1) is 4.11. The van der Waals surface area contributed by atoms with E-state index in [1.165, 1.54) is 0 Å². The zero-order valence-electron chi connectivity index (χ0n) is 3.64. The molecule has 1 aliphatic carbocycles. The topological polar surface area (TPSA) is 40.9 Å².